The summed E-state index contributed by atoms with van der Waals surface area (Å²) >= 11 is 0. The van der Waals surface area contributed by atoms with E-state index in [2.05, 4.69) is 4.84 Å². The molecule has 0 amide bonds. The Bertz CT molecular complexity index is 926. The Morgan fingerprint density at radius 1 is 1.12 bits per heavy atom. The van der Waals surface area contributed by atoms with Gasteiger partial charge in [-0.1, -0.05) is 0 Å². The second-order valence-corrected chi connectivity index (χ2v) is 10.7. The van der Waals surface area contributed by atoms with Crippen LogP contribution in [-0.4, -0.2) is 80.9 Å². The van der Waals surface area contributed by atoms with E-state index in [-0.39, 0.29) is 37.8 Å². The normalized spacial score (nSPS) is 20.7. The van der Waals surface area contributed by atoms with Gasteiger partial charge in [0.05, 0.1) is 12.2 Å². The van der Waals surface area contributed by atoms with E-state index in [1.807, 2.05) is 4.90 Å². The molecule has 0 aliphatic carbocycles. The number of likely N-dealkylation sites (tertiary alicyclic amines) is 1. The minimum absolute atomic E-state index is 0.0526. The molecule has 3 rings (SSSR count). The first kappa shape index (κ1) is 26.7. The first-order chi connectivity index (χ1) is 16.0. The summed E-state index contributed by atoms with van der Waals surface area (Å²) < 4.78 is 75.6. The average molecular weight is 510 g/mol. The lowest BCUT2D eigenvalue weighted by Gasteiger charge is -2.42. The number of hydrogen-bond acceptors (Lipinski definition) is 8. The summed E-state index contributed by atoms with van der Waals surface area (Å²) in [6.07, 6.45) is -4.04. The minimum atomic E-state index is -4.43. The van der Waals surface area contributed by atoms with Gasteiger partial charge in [0.15, 0.2) is 4.75 Å². The van der Waals surface area contributed by atoms with Gasteiger partial charge in [0.2, 0.25) is 10.0 Å². The number of alkyl halides is 3. The van der Waals surface area contributed by atoms with Crippen LogP contribution in [0.5, 0.6) is 5.75 Å². The molecule has 0 atom stereocenters. The fraction of sp³-hybridized carbons (Fsp3) is 0.667. The van der Waals surface area contributed by atoms with Crippen LogP contribution in [-0.2, 0) is 30.6 Å². The van der Waals surface area contributed by atoms with Gasteiger partial charge in [-0.2, -0.15) is 19.1 Å². The van der Waals surface area contributed by atoms with Crippen LogP contribution in [0.1, 0.15) is 31.2 Å². The second kappa shape index (κ2) is 10.8. The van der Waals surface area contributed by atoms with Gasteiger partial charge in [-0.05, 0) is 49.9 Å². The van der Waals surface area contributed by atoms with Crippen LogP contribution in [0.25, 0.3) is 0 Å². The van der Waals surface area contributed by atoms with Crippen molar-refractivity contribution in [3.63, 3.8) is 0 Å². The Morgan fingerprint density at radius 2 is 1.71 bits per heavy atom. The number of benzene rings is 1. The van der Waals surface area contributed by atoms with Crippen molar-refractivity contribution >= 4 is 16.0 Å². The van der Waals surface area contributed by atoms with E-state index in [1.54, 1.807) is 7.11 Å². The quantitative estimate of drug-likeness (QED) is 0.528. The van der Waals surface area contributed by atoms with Gasteiger partial charge in [0.25, 0.3) is 0 Å². The van der Waals surface area contributed by atoms with Gasteiger partial charge in [0.1, 0.15) is 11.9 Å². The van der Waals surface area contributed by atoms with E-state index in [9.17, 15) is 26.4 Å². The van der Waals surface area contributed by atoms with Crippen LogP contribution < -0.4 is 10.6 Å². The van der Waals surface area contributed by atoms with Crippen LogP contribution in [0.2, 0.25) is 0 Å². The van der Waals surface area contributed by atoms with Gasteiger partial charge in [-0.15, -0.1) is 0 Å². The highest BCUT2D eigenvalue weighted by Gasteiger charge is 2.56. The van der Waals surface area contributed by atoms with Gasteiger partial charge in [-0.25, -0.2) is 17.5 Å². The molecule has 0 saturated carbocycles. The number of methoxy groups -OCH3 is 1. The van der Waals surface area contributed by atoms with Gasteiger partial charge in [-0.3, -0.25) is 0 Å². The molecule has 13 heteroatoms. The van der Waals surface area contributed by atoms with Gasteiger partial charge in [0, 0.05) is 39.8 Å². The predicted molar refractivity (Wildman–Crippen MR) is 116 cm³/mol. The molecular weight excluding hydrogens is 479 g/mol. The van der Waals surface area contributed by atoms with Gasteiger partial charge < -0.3 is 19.2 Å². The zero-order valence-electron chi connectivity index (χ0n) is 18.9. The maximum atomic E-state index is 13.6. The fourth-order valence-corrected chi connectivity index (χ4v) is 6.53. The van der Waals surface area contributed by atoms with E-state index in [4.69, 9.17) is 15.4 Å². The van der Waals surface area contributed by atoms with Crippen LogP contribution in [0.3, 0.4) is 0 Å². The van der Waals surface area contributed by atoms with Crippen molar-refractivity contribution in [3.05, 3.63) is 29.8 Å². The molecule has 0 unspecified atom stereocenters. The maximum Gasteiger partial charge on any atom is 0.416 e. The Kier molecular flexibility index (Phi) is 8.45. The van der Waals surface area contributed by atoms with E-state index in [0.717, 1.165) is 12.1 Å². The molecular formula is C21H30F3N3O6S. The van der Waals surface area contributed by atoms with Crippen molar-refractivity contribution in [2.75, 3.05) is 46.4 Å². The van der Waals surface area contributed by atoms with Crippen molar-refractivity contribution in [2.45, 2.75) is 42.7 Å². The monoisotopic (exact) mass is 509 g/mol. The smallest absolute Gasteiger partial charge is 0.416 e. The number of ether oxygens (including phenoxy) is 2. The van der Waals surface area contributed by atoms with Gasteiger partial charge >= 0.3 is 12.1 Å². The summed E-state index contributed by atoms with van der Waals surface area (Å²) in [5, 5.41) is 0. The lowest BCUT2D eigenvalue weighted by atomic mass is 9.96. The summed E-state index contributed by atoms with van der Waals surface area (Å²) in [7, 11) is -2.50. The summed E-state index contributed by atoms with van der Waals surface area (Å²) in [5.74, 6) is 4.43. The first-order valence-corrected chi connectivity index (χ1v) is 12.4. The Balaban J connectivity index is 1.63. The number of carbonyl (C=O) groups is 1. The second-order valence-electron chi connectivity index (χ2n) is 8.48. The largest absolute Gasteiger partial charge is 0.490 e. The predicted octanol–water partition coefficient (Wildman–Crippen LogP) is 1.78. The topological polar surface area (TPSA) is 111 Å². The molecule has 0 bridgehead atoms. The molecule has 2 saturated heterocycles. The standard InChI is InChI=1S/C21H30F3N3O6S/c1-31-15-14-26-12-8-20(9-13-26,19(28)33-25)34(29,30)27-10-6-18(7-11-27)32-17-4-2-16(3-5-17)21(22,23)24/h2-5,18H,6-15,25H2,1H3. The highest BCUT2D eigenvalue weighted by atomic mass is 32.2. The number of piperidine rings is 2. The summed E-state index contributed by atoms with van der Waals surface area (Å²) in [4.78, 5) is 19.0. The highest BCUT2D eigenvalue weighted by Crippen LogP contribution is 2.36. The molecule has 34 heavy (non-hydrogen) atoms. The summed E-state index contributed by atoms with van der Waals surface area (Å²) in [5.41, 5.74) is -0.772. The molecule has 2 heterocycles. The van der Waals surface area contributed by atoms with E-state index in [0.29, 0.717) is 39.1 Å². The van der Waals surface area contributed by atoms with Crippen molar-refractivity contribution in [2.24, 2.45) is 5.90 Å². The highest BCUT2D eigenvalue weighted by molar-refractivity contribution is 7.91. The molecule has 0 radical (unpaired) electrons. The lowest BCUT2D eigenvalue weighted by molar-refractivity contribution is -0.149. The molecule has 2 N–H and O–H groups in total. The van der Waals surface area contributed by atoms with Crippen LogP contribution >= 0.6 is 0 Å². The van der Waals surface area contributed by atoms with E-state index in [1.165, 1.54) is 16.4 Å². The Morgan fingerprint density at radius 3 is 2.21 bits per heavy atom. The molecule has 9 nitrogen and oxygen atoms in total. The average Bonchev–Trinajstić information content (AvgIpc) is 2.82. The number of halogens is 3. The lowest BCUT2D eigenvalue weighted by Crippen LogP contribution is -2.61. The zero-order chi connectivity index (χ0) is 25.0. The van der Waals surface area contributed by atoms with Crippen LogP contribution in [0.4, 0.5) is 13.2 Å². The molecule has 0 spiro atoms. The fourth-order valence-electron chi connectivity index (χ4n) is 4.39. The van der Waals surface area contributed by atoms with Crippen molar-refractivity contribution < 1.29 is 40.7 Å². The minimum Gasteiger partial charge on any atom is -0.490 e. The van der Waals surface area contributed by atoms with Crippen molar-refractivity contribution in [3.8, 4) is 5.75 Å². The summed E-state index contributed by atoms with van der Waals surface area (Å²) in [6.45, 7) is 2.10. The number of sulfonamides is 1. The van der Waals surface area contributed by atoms with Crippen molar-refractivity contribution in [1.82, 2.24) is 9.21 Å². The Labute approximate surface area is 196 Å². The van der Waals surface area contributed by atoms with E-state index < -0.39 is 32.5 Å². The summed E-state index contributed by atoms with van der Waals surface area (Å²) in [6, 6.07) is 4.37. The van der Waals surface area contributed by atoms with Crippen LogP contribution in [0.15, 0.2) is 24.3 Å². The molecule has 192 valence electrons. The molecule has 1 aromatic carbocycles. The third-order valence-electron chi connectivity index (χ3n) is 6.47. The Hall–Kier alpha value is -1.93. The molecule has 1 aromatic rings. The first-order valence-electron chi connectivity index (χ1n) is 11.0. The number of nitrogens with zero attached hydrogens (tertiary/aromatic N) is 2. The van der Waals surface area contributed by atoms with E-state index >= 15 is 0 Å². The molecule has 2 aliphatic heterocycles. The zero-order valence-corrected chi connectivity index (χ0v) is 19.7. The van der Waals surface area contributed by atoms with Crippen LogP contribution in [0, 0.1) is 0 Å². The third kappa shape index (κ3) is 5.65. The molecule has 2 aliphatic rings. The molecule has 0 aromatic heterocycles. The number of hydrogen-bond donors (Lipinski definition) is 1. The number of rotatable bonds is 8. The maximum absolute atomic E-state index is 13.6. The number of carbonyl (C=O) groups excluding carboxylic acids is 1. The SMILES string of the molecule is COCCN1CCC(C(=O)ON)(S(=O)(=O)N2CCC(Oc3ccc(C(F)(F)F)cc3)CC2)CC1. The number of nitrogens with two attached hydrogens (primary N) is 1. The van der Waals surface area contributed by atoms with Crippen molar-refractivity contribution in [1.29, 1.82) is 0 Å². The molecule has 2 fully saturated rings. The third-order valence-corrected chi connectivity index (χ3v) is 9.08.